The standard InChI is InChI=1S/C15H20N2O/c1-10-5-3-4-6-13(10)15-14-8-16-7-12(14)9-17(15)11(2)18/h3-6,12,14-16H,7-9H2,1-2H3/t12-,14-,15-/m1/s1. The molecule has 1 amide bonds. The lowest BCUT2D eigenvalue weighted by atomic mass is 9.87. The summed E-state index contributed by atoms with van der Waals surface area (Å²) in [7, 11) is 0. The first-order valence-corrected chi connectivity index (χ1v) is 6.72. The summed E-state index contributed by atoms with van der Waals surface area (Å²) >= 11 is 0. The lowest BCUT2D eigenvalue weighted by Gasteiger charge is -2.28. The van der Waals surface area contributed by atoms with Crippen LogP contribution in [-0.2, 0) is 4.79 Å². The number of nitrogens with one attached hydrogen (secondary N) is 1. The summed E-state index contributed by atoms with van der Waals surface area (Å²) in [4.78, 5) is 13.9. The molecule has 1 aromatic carbocycles. The van der Waals surface area contributed by atoms with Gasteiger partial charge in [0.25, 0.3) is 0 Å². The average molecular weight is 244 g/mol. The Labute approximate surface area is 108 Å². The van der Waals surface area contributed by atoms with Gasteiger partial charge in [-0.25, -0.2) is 0 Å². The minimum atomic E-state index is 0.206. The lowest BCUT2D eigenvalue weighted by molar-refractivity contribution is -0.130. The molecule has 2 aliphatic heterocycles. The molecule has 1 N–H and O–H groups in total. The molecule has 2 aliphatic rings. The van der Waals surface area contributed by atoms with Gasteiger partial charge in [-0.3, -0.25) is 4.79 Å². The topological polar surface area (TPSA) is 32.3 Å². The minimum Gasteiger partial charge on any atom is -0.335 e. The highest BCUT2D eigenvalue weighted by Gasteiger charge is 2.46. The van der Waals surface area contributed by atoms with Crippen molar-refractivity contribution in [3.63, 3.8) is 0 Å². The number of aryl methyl sites for hydroxylation is 1. The Morgan fingerprint density at radius 1 is 1.33 bits per heavy atom. The first kappa shape index (κ1) is 11.7. The van der Waals surface area contributed by atoms with E-state index in [1.54, 1.807) is 6.92 Å². The number of hydrogen-bond donors (Lipinski definition) is 1. The summed E-state index contributed by atoms with van der Waals surface area (Å²) in [6.45, 7) is 6.83. The molecule has 0 aromatic heterocycles. The van der Waals surface area contributed by atoms with Crippen LogP contribution in [0, 0.1) is 18.8 Å². The van der Waals surface area contributed by atoms with Gasteiger partial charge >= 0.3 is 0 Å². The molecule has 0 radical (unpaired) electrons. The number of fused-ring (bicyclic) bond motifs is 1. The van der Waals surface area contributed by atoms with Gasteiger partial charge < -0.3 is 10.2 Å². The van der Waals surface area contributed by atoms with Crippen molar-refractivity contribution in [1.29, 1.82) is 0 Å². The van der Waals surface area contributed by atoms with Crippen molar-refractivity contribution in [2.45, 2.75) is 19.9 Å². The zero-order chi connectivity index (χ0) is 12.7. The van der Waals surface area contributed by atoms with E-state index >= 15 is 0 Å². The number of benzene rings is 1. The van der Waals surface area contributed by atoms with E-state index in [4.69, 9.17) is 0 Å². The average Bonchev–Trinajstić information content (AvgIpc) is 2.89. The van der Waals surface area contributed by atoms with Gasteiger partial charge in [-0.15, -0.1) is 0 Å². The third kappa shape index (κ3) is 1.74. The molecule has 0 spiro atoms. The van der Waals surface area contributed by atoms with Crippen molar-refractivity contribution in [3.05, 3.63) is 35.4 Å². The van der Waals surface area contributed by atoms with Crippen molar-refractivity contribution in [2.24, 2.45) is 11.8 Å². The van der Waals surface area contributed by atoms with E-state index in [-0.39, 0.29) is 11.9 Å². The van der Waals surface area contributed by atoms with Crippen LogP contribution in [0.4, 0.5) is 0 Å². The first-order chi connectivity index (χ1) is 8.68. The van der Waals surface area contributed by atoms with E-state index in [9.17, 15) is 4.79 Å². The number of carbonyl (C=O) groups is 1. The van der Waals surface area contributed by atoms with Gasteiger partial charge in [0.1, 0.15) is 0 Å². The fourth-order valence-electron chi connectivity index (χ4n) is 3.56. The molecule has 2 fully saturated rings. The van der Waals surface area contributed by atoms with Crippen LogP contribution in [0.1, 0.15) is 24.1 Å². The highest BCUT2D eigenvalue weighted by molar-refractivity contribution is 5.74. The Morgan fingerprint density at radius 2 is 2.11 bits per heavy atom. The fourth-order valence-corrected chi connectivity index (χ4v) is 3.56. The third-order valence-electron chi connectivity index (χ3n) is 4.48. The van der Waals surface area contributed by atoms with Gasteiger partial charge in [0.2, 0.25) is 5.91 Å². The van der Waals surface area contributed by atoms with Gasteiger partial charge in [0.15, 0.2) is 0 Å². The molecule has 3 heteroatoms. The molecule has 2 heterocycles. The Morgan fingerprint density at radius 3 is 2.83 bits per heavy atom. The summed E-state index contributed by atoms with van der Waals surface area (Å²) in [6.07, 6.45) is 0. The minimum absolute atomic E-state index is 0.206. The quantitative estimate of drug-likeness (QED) is 0.816. The molecular formula is C15H20N2O. The van der Waals surface area contributed by atoms with Crippen molar-refractivity contribution in [3.8, 4) is 0 Å². The molecule has 0 bridgehead atoms. The monoisotopic (exact) mass is 244 g/mol. The number of rotatable bonds is 1. The van der Waals surface area contributed by atoms with Crippen LogP contribution in [0.2, 0.25) is 0 Å². The van der Waals surface area contributed by atoms with Gasteiger partial charge in [-0.05, 0) is 24.0 Å². The normalized spacial score (nSPS) is 30.6. The molecule has 1 aromatic rings. The third-order valence-corrected chi connectivity index (χ3v) is 4.48. The van der Waals surface area contributed by atoms with E-state index in [0.717, 1.165) is 19.6 Å². The van der Waals surface area contributed by atoms with Gasteiger partial charge in [-0.1, -0.05) is 24.3 Å². The van der Waals surface area contributed by atoms with E-state index < -0.39 is 0 Å². The van der Waals surface area contributed by atoms with E-state index in [0.29, 0.717) is 11.8 Å². The van der Waals surface area contributed by atoms with Crippen LogP contribution in [0.25, 0.3) is 0 Å². The highest BCUT2D eigenvalue weighted by Crippen LogP contribution is 2.43. The maximum atomic E-state index is 11.9. The van der Waals surface area contributed by atoms with Gasteiger partial charge in [0.05, 0.1) is 6.04 Å². The number of likely N-dealkylation sites (tertiary alicyclic amines) is 1. The Hall–Kier alpha value is -1.35. The second-order valence-corrected chi connectivity index (χ2v) is 5.55. The molecule has 3 rings (SSSR count). The molecule has 0 aliphatic carbocycles. The second-order valence-electron chi connectivity index (χ2n) is 5.55. The number of nitrogens with zero attached hydrogens (tertiary/aromatic N) is 1. The van der Waals surface area contributed by atoms with E-state index in [2.05, 4.69) is 41.4 Å². The van der Waals surface area contributed by atoms with Crippen LogP contribution >= 0.6 is 0 Å². The fraction of sp³-hybridized carbons (Fsp3) is 0.533. The predicted molar refractivity (Wildman–Crippen MR) is 71.2 cm³/mol. The smallest absolute Gasteiger partial charge is 0.219 e. The van der Waals surface area contributed by atoms with Crippen molar-refractivity contribution in [2.75, 3.05) is 19.6 Å². The van der Waals surface area contributed by atoms with Crippen molar-refractivity contribution < 1.29 is 4.79 Å². The highest BCUT2D eigenvalue weighted by atomic mass is 16.2. The molecule has 96 valence electrons. The lowest BCUT2D eigenvalue weighted by Crippen LogP contribution is -2.33. The largest absolute Gasteiger partial charge is 0.335 e. The van der Waals surface area contributed by atoms with Crippen LogP contribution in [-0.4, -0.2) is 30.4 Å². The summed E-state index contributed by atoms with van der Waals surface area (Å²) in [5.74, 6) is 1.41. The van der Waals surface area contributed by atoms with Crippen molar-refractivity contribution >= 4 is 5.91 Å². The number of hydrogen-bond acceptors (Lipinski definition) is 2. The van der Waals surface area contributed by atoms with Gasteiger partial charge in [0, 0.05) is 32.5 Å². The molecule has 0 saturated carbocycles. The summed E-state index contributed by atoms with van der Waals surface area (Å²) < 4.78 is 0. The molecule has 2 saturated heterocycles. The maximum absolute atomic E-state index is 11.9. The Balaban J connectivity index is 2.01. The van der Waals surface area contributed by atoms with Crippen LogP contribution in [0.15, 0.2) is 24.3 Å². The molecule has 0 unspecified atom stereocenters. The molecular weight excluding hydrogens is 224 g/mol. The summed E-state index contributed by atoms with van der Waals surface area (Å²) in [6, 6.07) is 8.73. The van der Waals surface area contributed by atoms with E-state index in [1.165, 1.54) is 11.1 Å². The Bertz CT molecular complexity index is 471. The second kappa shape index (κ2) is 4.39. The van der Waals surface area contributed by atoms with Gasteiger partial charge in [-0.2, -0.15) is 0 Å². The first-order valence-electron chi connectivity index (χ1n) is 6.72. The zero-order valence-electron chi connectivity index (χ0n) is 11.0. The van der Waals surface area contributed by atoms with Crippen LogP contribution in [0.5, 0.6) is 0 Å². The number of carbonyl (C=O) groups excluding carboxylic acids is 1. The Kier molecular flexibility index (Phi) is 2.86. The molecule has 3 nitrogen and oxygen atoms in total. The summed E-state index contributed by atoms with van der Waals surface area (Å²) in [5.41, 5.74) is 2.62. The van der Waals surface area contributed by atoms with Crippen LogP contribution < -0.4 is 5.32 Å². The summed E-state index contributed by atoms with van der Waals surface area (Å²) in [5, 5.41) is 3.46. The zero-order valence-corrected chi connectivity index (χ0v) is 11.0. The molecule has 18 heavy (non-hydrogen) atoms. The van der Waals surface area contributed by atoms with Crippen LogP contribution in [0.3, 0.4) is 0 Å². The predicted octanol–water partition coefficient (Wildman–Crippen LogP) is 1.73. The maximum Gasteiger partial charge on any atom is 0.219 e. The molecule has 3 atom stereocenters. The van der Waals surface area contributed by atoms with E-state index in [1.807, 2.05) is 0 Å². The van der Waals surface area contributed by atoms with Crippen molar-refractivity contribution in [1.82, 2.24) is 10.2 Å². The number of amides is 1. The SMILES string of the molecule is CC(=O)N1C[C@H]2CNC[C@H]2[C@H]1c1ccccc1C.